The number of thioether (sulfide) groups is 1. The summed E-state index contributed by atoms with van der Waals surface area (Å²) in [4.78, 5) is 35.2. The van der Waals surface area contributed by atoms with Crippen LogP contribution >= 0.6 is 19.6 Å². The van der Waals surface area contributed by atoms with Gasteiger partial charge in [-0.15, -0.1) is 0 Å². The second-order valence-electron chi connectivity index (χ2n) is 8.64. The quantitative estimate of drug-likeness (QED) is 0.0811. The summed E-state index contributed by atoms with van der Waals surface area (Å²) in [7, 11) is -4.68. The minimum absolute atomic E-state index is 0.0102. The molecule has 3 aliphatic rings. The van der Waals surface area contributed by atoms with E-state index in [-0.39, 0.29) is 43.0 Å². The largest absolute Gasteiger partial charge is 0.746 e. The number of allylic oxidation sites excluding steroid dienone is 4. The van der Waals surface area contributed by atoms with Gasteiger partial charge in [-0.25, -0.2) is 4.79 Å². The zero-order valence-corrected chi connectivity index (χ0v) is 21.5. The summed E-state index contributed by atoms with van der Waals surface area (Å²) >= 11 is 1.86. The molecule has 5 atom stereocenters. The fraction of sp³-hybridized carbons (Fsp3) is 0.636. The van der Waals surface area contributed by atoms with Crippen molar-refractivity contribution in [3.05, 3.63) is 35.8 Å². The molecule has 2 fully saturated rings. The molecule has 0 aromatic rings. The van der Waals surface area contributed by atoms with E-state index < -0.39 is 20.5 Å². The van der Waals surface area contributed by atoms with Crippen molar-refractivity contribution < 1.29 is 43.0 Å². The molecule has 0 spiro atoms. The maximum absolute atomic E-state index is 12.0. The van der Waals surface area contributed by atoms with Crippen LogP contribution in [0.1, 0.15) is 32.1 Å². The molecule has 12 nitrogen and oxygen atoms in total. The van der Waals surface area contributed by atoms with Crippen LogP contribution in [0.25, 0.3) is 0 Å². The maximum Gasteiger partial charge on any atom is 0.319 e. The zero-order chi connectivity index (χ0) is 26.0. The molecule has 0 saturated carbocycles. The number of aliphatic hydroxyl groups is 2. The molecular formula is C22H33N3O9PS-. The summed E-state index contributed by atoms with van der Waals surface area (Å²) in [5.74, 6) is 0.885. The van der Waals surface area contributed by atoms with Crippen molar-refractivity contribution in [2.75, 3.05) is 32.1 Å². The lowest BCUT2D eigenvalue weighted by Crippen LogP contribution is -2.36. The third-order valence-corrected chi connectivity index (χ3v) is 8.13. The molecule has 0 aromatic carbocycles. The predicted octanol–water partition coefficient (Wildman–Crippen LogP) is 0.993. The summed E-state index contributed by atoms with van der Waals surface area (Å²) in [6.45, 7) is 0.0473. The summed E-state index contributed by atoms with van der Waals surface area (Å²) < 4.78 is 26.5. The van der Waals surface area contributed by atoms with Crippen LogP contribution in [0.5, 0.6) is 0 Å². The number of rotatable bonds is 16. The van der Waals surface area contributed by atoms with Crippen molar-refractivity contribution in [2.24, 2.45) is 0 Å². The van der Waals surface area contributed by atoms with E-state index in [4.69, 9.17) is 14.4 Å². The first-order chi connectivity index (χ1) is 17.3. The van der Waals surface area contributed by atoms with Crippen LogP contribution in [0.2, 0.25) is 0 Å². The molecular weight excluding hydrogens is 513 g/mol. The van der Waals surface area contributed by atoms with Crippen molar-refractivity contribution in [1.82, 2.24) is 16.0 Å². The number of phosphoric acid groups is 1. The van der Waals surface area contributed by atoms with Crippen LogP contribution in [0.15, 0.2) is 35.8 Å². The first-order valence-electron chi connectivity index (χ1n) is 11.9. The van der Waals surface area contributed by atoms with Gasteiger partial charge in [-0.3, -0.25) is 9.36 Å². The van der Waals surface area contributed by atoms with Gasteiger partial charge in [-0.05, 0) is 37.5 Å². The number of phosphoric ester groups is 1. The molecule has 3 amide bonds. The lowest BCUT2D eigenvalue weighted by Gasteiger charge is -2.24. The van der Waals surface area contributed by atoms with Gasteiger partial charge in [0.05, 0.1) is 31.6 Å². The van der Waals surface area contributed by atoms with Gasteiger partial charge in [0.25, 0.3) is 0 Å². The lowest BCUT2D eigenvalue weighted by molar-refractivity contribution is -0.223. The van der Waals surface area contributed by atoms with Crippen LogP contribution in [0, 0.1) is 0 Å². The Balaban J connectivity index is 1.15. The number of hydrogen-bond acceptors (Lipinski definition) is 10. The maximum atomic E-state index is 12.0. The molecule has 0 bridgehead atoms. The van der Waals surface area contributed by atoms with E-state index in [1.807, 2.05) is 11.8 Å². The van der Waals surface area contributed by atoms with Crippen molar-refractivity contribution in [3.8, 4) is 0 Å². The first-order valence-corrected chi connectivity index (χ1v) is 14.4. The monoisotopic (exact) mass is 546 g/mol. The number of urea groups is 1. The molecule has 2 aliphatic heterocycles. The Morgan fingerprint density at radius 3 is 2.92 bits per heavy atom. The molecule has 36 heavy (non-hydrogen) atoms. The van der Waals surface area contributed by atoms with Crippen molar-refractivity contribution >= 4 is 31.5 Å². The summed E-state index contributed by atoms with van der Waals surface area (Å²) in [5, 5.41) is 27.8. The molecule has 5 unspecified atom stereocenters. The highest BCUT2D eigenvalue weighted by Gasteiger charge is 2.42. The van der Waals surface area contributed by atoms with Crippen molar-refractivity contribution in [1.29, 1.82) is 0 Å². The highest BCUT2D eigenvalue weighted by molar-refractivity contribution is 8.00. The molecule has 5 N–H and O–H groups in total. The van der Waals surface area contributed by atoms with Gasteiger partial charge in [0.15, 0.2) is 0 Å². The third-order valence-electron chi connectivity index (χ3n) is 5.72. The second kappa shape index (κ2) is 14.1. The van der Waals surface area contributed by atoms with E-state index in [1.165, 1.54) is 18.2 Å². The Labute approximate surface area is 214 Å². The summed E-state index contributed by atoms with van der Waals surface area (Å²) in [6.07, 6.45) is 7.40. The molecule has 2 saturated heterocycles. The lowest BCUT2D eigenvalue weighted by atomic mass is 10.0. The molecule has 0 aromatic heterocycles. The number of fused-ring (bicyclic) bond motifs is 1. The number of amides is 3. The van der Waals surface area contributed by atoms with Crippen LogP contribution in [0.3, 0.4) is 0 Å². The van der Waals surface area contributed by atoms with Crippen LogP contribution in [-0.4, -0.2) is 77.7 Å². The van der Waals surface area contributed by atoms with Gasteiger partial charge in [-0.2, -0.15) is 11.8 Å². The zero-order valence-electron chi connectivity index (χ0n) is 19.8. The fourth-order valence-corrected chi connectivity index (χ4v) is 6.26. The number of ether oxygens (including phenoxy) is 1. The molecule has 14 heteroatoms. The standard InChI is InChI=1S/C22H34N3O9PS/c26-11-15-6-7-17(10-15)34-35(30,31)33-13-16(27)12-32-9-3-8-23-20(28)5-2-1-4-19-21-18(14-36-19)24-22(29)25-21/h6-7,10-11,16,18-19,21,26-27H,1-5,8-9,12-14H2,(H,23,28)(H,30,31)(H2,24,25,29)/p-1/b15-11-. The Morgan fingerprint density at radius 1 is 1.31 bits per heavy atom. The molecule has 1 aliphatic carbocycles. The van der Waals surface area contributed by atoms with Crippen LogP contribution in [0.4, 0.5) is 4.79 Å². The predicted molar refractivity (Wildman–Crippen MR) is 131 cm³/mol. The number of nitrogens with one attached hydrogen (secondary N) is 3. The van der Waals surface area contributed by atoms with Gasteiger partial charge in [0.2, 0.25) is 5.91 Å². The van der Waals surface area contributed by atoms with E-state index in [0.717, 1.165) is 31.3 Å². The van der Waals surface area contributed by atoms with Crippen LogP contribution in [-0.2, 0) is 23.1 Å². The smallest absolute Gasteiger partial charge is 0.319 e. The molecule has 0 radical (unpaired) electrons. The van der Waals surface area contributed by atoms with Crippen molar-refractivity contribution in [3.63, 3.8) is 0 Å². The average molecular weight is 547 g/mol. The van der Waals surface area contributed by atoms with Gasteiger partial charge >= 0.3 is 13.9 Å². The van der Waals surface area contributed by atoms with E-state index >= 15 is 0 Å². The SMILES string of the molecule is O=C(CCCCC1SCC2NC(=O)NC21)NCCCOCC(O)COP(=O)([O-])OC1=C/C(=C\O)C=C1. The van der Waals surface area contributed by atoms with Gasteiger partial charge < -0.3 is 44.8 Å². The minimum atomic E-state index is -4.68. The third kappa shape index (κ3) is 9.45. The van der Waals surface area contributed by atoms with Gasteiger partial charge in [-0.1, -0.05) is 6.42 Å². The second-order valence-corrected chi connectivity index (χ2v) is 11.3. The average Bonchev–Trinajstić information content (AvgIpc) is 3.53. The summed E-state index contributed by atoms with van der Waals surface area (Å²) in [5.41, 5.74) is 0.380. The highest BCUT2D eigenvalue weighted by atomic mass is 32.2. The Hall–Kier alpha value is -2.02. The number of carbonyl (C=O) groups is 2. The normalized spacial score (nSPS) is 26.2. The molecule has 2 heterocycles. The fourth-order valence-electron chi connectivity index (χ4n) is 3.94. The summed E-state index contributed by atoms with van der Waals surface area (Å²) in [6, 6.07) is 0.308. The van der Waals surface area contributed by atoms with E-state index in [9.17, 15) is 24.2 Å². The Morgan fingerprint density at radius 2 is 2.14 bits per heavy atom. The molecule has 202 valence electrons. The first kappa shape index (κ1) is 28.5. The van der Waals surface area contributed by atoms with E-state index in [1.54, 1.807) is 0 Å². The number of hydrogen-bond donors (Lipinski definition) is 5. The topological polar surface area (TPSA) is 179 Å². The minimum Gasteiger partial charge on any atom is -0.746 e. The molecule has 3 rings (SSSR count). The number of carbonyl (C=O) groups excluding carboxylic acids is 2. The Bertz CT molecular complexity index is 913. The number of unbranched alkanes of at least 4 members (excludes halogenated alkanes) is 1. The Kier molecular flexibility index (Phi) is 11.1. The van der Waals surface area contributed by atoms with E-state index in [0.29, 0.717) is 30.2 Å². The van der Waals surface area contributed by atoms with Crippen LogP contribution < -0.4 is 20.8 Å². The van der Waals surface area contributed by atoms with E-state index in [2.05, 4.69) is 20.5 Å². The van der Waals surface area contributed by atoms with Gasteiger partial charge in [0.1, 0.15) is 11.9 Å². The number of aliphatic hydroxyl groups excluding tert-OH is 2. The van der Waals surface area contributed by atoms with Crippen molar-refractivity contribution in [2.45, 2.75) is 55.5 Å². The highest BCUT2D eigenvalue weighted by Crippen LogP contribution is 2.42. The van der Waals surface area contributed by atoms with Gasteiger partial charge in [0, 0.05) is 36.1 Å².